The fourth-order valence-electron chi connectivity index (χ4n) is 2.31. The van der Waals surface area contributed by atoms with Gasteiger partial charge < -0.3 is 15.5 Å². The van der Waals surface area contributed by atoms with Crippen LogP contribution in [-0.2, 0) is 0 Å². The summed E-state index contributed by atoms with van der Waals surface area (Å²) < 4.78 is 0. The van der Waals surface area contributed by atoms with E-state index in [-0.39, 0.29) is 0 Å². The summed E-state index contributed by atoms with van der Waals surface area (Å²) in [6.07, 6.45) is 1.19. The molecule has 94 valence electrons. The summed E-state index contributed by atoms with van der Waals surface area (Å²) in [6, 6.07) is 6.23. The molecule has 0 bridgehead atoms. The van der Waals surface area contributed by atoms with Crippen molar-refractivity contribution in [2.45, 2.75) is 13.3 Å². The van der Waals surface area contributed by atoms with E-state index in [9.17, 15) is 0 Å². The number of rotatable bonds is 3. The molecule has 0 saturated carbocycles. The van der Waals surface area contributed by atoms with E-state index in [1.807, 2.05) is 13.0 Å². The second kappa shape index (κ2) is 5.98. The maximum absolute atomic E-state index is 5.61. The van der Waals surface area contributed by atoms with Gasteiger partial charge in [0.2, 0.25) is 0 Å². The van der Waals surface area contributed by atoms with E-state index in [0.29, 0.717) is 0 Å². The molecular formula is C13H22N4. The largest absolute Gasteiger partial charge is 0.355 e. The Bertz CT molecular complexity index is 353. The summed E-state index contributed by atoms with van der Waals surface area (Å²) in [7, 11) is 0. The van der Waals surface area contributed by atoms with Crippen LogP contribution in [0.15, 0.2) is 18.2 Å². The number of hydrogen-bond acceptors (Lipinski definition) is 4. The molecular weight excluding hydrogens is 212 g/mol. The molecule has 2 rings (SSSR count). The smallest absolute Gasteiger partial charge is 0.128 e. The first-order chi connectivity index (χ1) is 8.29. The highest BCUT2D eigenvalue weighted by Crippen LogP contribution is 2.13. The Kier molecular flexibility index (Phi) is 4.34. The summed E-state index contributed by atoms with van der Waals surface area (Å²) in [4.78, 5) is 9.41. The van der Waals surface area contributed by atoms with Crippen LogP contribution < -0.4 is 10.6 Å². The van der Waals surface area contributed by atoms with Gasteiger partial charge in [-0.3, -0.25) is 0 Å². The monoisotopic (exact) mass is 234 g/mol. The van der Waals surface area contributed by atoms with E-state index in [2.05, 4.69) is 26.9 Å². The van der Waals surface area contributed by atoms with Gasteiger partial charge in [0.15, 0.2) is 0 Å². The van der Waals surface area contributed by atoms with E-state index in [4.69, 9.17) is 5.73 Å². The highest BCUT2D eigenvalue weighted by Gasteiger charge is 2.15. The molecule has 2 heterocycles. The minimum atomic E-state index is 0.753. The molecule has 1 aliphatic heterocycles. The van der Waals surface area contributed by atoms with E-state index in [1.165, 1.54) is 6.42 Å². The van der Waals surface area contributed by atoms with Crippen LogP contribution in [0.5, 0.6) is 0 Å². The average molecular weight is 234 g/mol. The van der Waals surface area contributed by atoms with Crippen LogP contribution in [0.25, 0.3) is 0 Å². The molecule has 0 atom stereocenters. The van der Waals surface area contributed by atoms with Crippen molar-refractivity contribution < 1.29 is 0 Å². The van der Waals surface area contributed by atoms with Crippen LogP contribution in [0, 0.1) is 6.92 Å². The van der Waals surface area contributed by atoms with Crippen molar-refractivity contribution in [3.05, 3.63) is 23.9 Å². The molecule has 0 aliphatic carbocycles. The van der Waals surface area contributed by atoms with Gasteiger partial charge in [-0.05, 0) is 32.0 Å². The van der Waals surface area contributed by atoms with Crippen LogP contribution in [0.1, 0.15) is 12.1 Å². The fraction of sp³-hybridized carbons (Fsp3) is 0.615. The molecule has 2 N–H and O–H groups in total. The Morgan fingerprint density at radius 2 is 2.12 bits per heavy atom. The molecule has 1 aromatic rings. The van der Waals surface area contributed by atoms with Crippen LogP contribution >= 0.6 is 0 Å². The number of aryl methyl sites for hydroxylation is 1. The second-order valence-electron chi connectivity index (χ2n) is 4.61. The highest BCUT2D eigenvalue weighted by molar-refractivity contribution is 5.39. The summed E-state index contributed by atoms with van der Waals surface area (Å²) in [5.74, 6) is 1.11. The maximum Gasteiger partial charge on any atom is 0.128 e. The van der Waals surface area contributed by atoms with Gasteiger partial charge in [-0.15, -0.1) is 0 Å². The highest BCUT2D eigenvalue weighted by atomic mass is 15.2. The fourth-order valence-corrected chi connectivity index (χ4v) is 2.31. The summed E-state index contributed by atoms with van der Waals surface area (Å²) in [5, 5.41) is 0. The van der Waals surface area contributed by atoms with Gasteiger partial charge in [0.05, 0.1) is 0 Å². The normalized spacial score (nSPS) is 18.1. The topological polar surface area (TPSA) is 45.4 Å². The van der Waals surface area contributed by atoms with Crippen molar-refractivity contribution in [1.29, 1.82) is 0 Å². The van der Waals surface area contributed by atoms with Crippen LogP contribution in [0.3, 0.4) is 0 Å². The SMILES string of the molecule is Cc1cccc(N2CCCN(CCN)CC2)n1. The van der Waals surface area contributed by atoms with E-state index in [1.54, 1.807) is 0 Å². The second-order valence-corrected chi connectivity index (χ2v) is 4.61. The Morgan fingerprint density at radius 1 is 1.24 bits per heavy atom. The molecule has 0 radical (unpaired) electrons. The number of hydrogen-bond donors (Lipinski definition) is 1. The number of anilines is 1. The summed E-state index contributed by atoms with van der Waals surface area (Å²) >= 11 is 0. The first kappa shape index (κ1) is 12.3. The first-order valence-electron chi connectivity index (χ1n) is 6.40. The Hall–Kier alpha value is -1.13. The number of aromatic nitrogens is 1. The summed E-state index contributed by atoms with van der Waals surface area (Å²) in [5.41, 5.74) is 6.70. The molecule has 17 heavy (non-hydrogen) atoms. The minimum absolute atomic E-state index is 0.753. The third-order valence-electron chi connectivity index (χ3n) is 3.23. The van der Waals surface area contributed by atoms with Crippen molar-refractivity contribution in [2.75, 3.05) is 44.2 Å². The zero-order chi connectivity index (χ0) is 12.1. The maximum atomic E-state index is 5.61. The van der Waals surface area contributed by atoms with Crippen molar-refractivity contribution in [1.82, 2.24) is 9.88 Å². The minimum Gasteiger partial charge on any atom is -0.355 e. The quantitative estimate of drug-likeness (QED) is 0.842. The lowest BCUT2D eigenvalue weighted by atomic mass is 10.3. The van der Waals surface area contributed by atoms with Crippen molar-refractivity contribution in [3.63, 3.8) is 0 Å². The number of pyridine rings is 1. The first-order valence-corrected chi connectivity index (χ1v) is 6.40. The molecule has 1 aliphatic rings. The van der Waals surface area contributed by atoms with E-state index >= 15 is 0 Å². The molecule has 4 nitrogen and oxygen atoms in total. The third kappa shape index (κ3) is 3.41. The zero-order valence-electron chi connectivity index (χ0n) is 10.6. The Morgan fingerprint density at radius 3 is 2.88 bits per heavy atom. The van der Waals surface area contributed by atoms with Gasteiger partial charge in [-0.1, -0.05) is 6.07 Å². The zero-order valence-corrected chi connectivity index (χ0v) is 10.6. The van der Waals surface area contributed by atoms with Gasteiger partial charge in [-0.2, -0.15) is 0 Å². The van der Waals surface area contributed by atoms with Gasteiger partial charge in [0.1, 0.15) is 5.82 Å². The molecule has 0 spiro atoms. The lowest BCUT2D eigenvalue weighted by Crippen LogP contribution is -2.34. The van der Waals surface area contributed by atoms with Crippen molar-refractivity contribution in [2.24, 2.45) is 5.73 Å². The standard InChI is InChI=1S/C13H22N4/c1-12-4-2-5-13(15-12)17-8-3-7-16(9-6-14)10-11-17/h2,4-5H,3,6-11,14H2,1H3. The van der Waals surface area contributed by atoms with Gasteiger partial charge in [0, 0.05) is 38.4 Å². The lowest BCUT2D eigenvalue weighted by Gasteiger charge is -2.22. The van der Waals surface area contributed by atoms with Gasteiger partial charge in [0.25, 0.3) is 0 Å². The third-order valence-corrected chi connectivity index (χ3v) is 3.23. The molecule has 0 unspecified atom stereocenters. The lowest BCUT2D eigenvalue weighted by molar-refractivity contribution is 0.302. The number of nitrogens with two attached hydrogens (primary N) is 1. The molecule has 0 aromatic carbocycles. The Labute approximate surface area is 103 Å². The van der Waals surface area contributed by atoms with E-state index in [0.717, 1.165) is 50.8 Å². The molecule has 0 amide bonds. The van der Waals surface area contributed by atoms with Crippen LogP contribution in [0.4, 0.5) is 5.82 Å². The predicted octanol–water partition coefficient (Wildman–Crippen LogP) is 0.861. The average Bonchev–Trinajstić information content (AvgIpc) is 2.55. The molecule has 1 aromatic heterocycles. The van der Waals surface area contributed by atoms with Crippen molar-refractivity contribution in [3.8, 4) is 0 Å². The molecule has 1 saturated heterocycles. The van der Waals surface area contributed by atoms with Gasteiger partial charge >= 0.3 is 0 Å². The van der Waals surface area contributed by atoms with Gasteiger partial charge in [-0.25, -0.2) is 4.98 Å². The Balaban J connectivity index is 1.99. The summed E-state index contributed by atoms with van der Waals surface area (Å²) in [6.45, 7) is 8.19. The van der Waals surface area contributed by atoms with Crippen LogP contribution in [-0.4, -0.2) is 49.2 Å². The van der Waals surface area contributed by atoms with Crippen LogP contribution in [0.2, 0.25) is 0 Å². The number of nitrogens with zero attached hydrogens (tertiary/aromatic N) is 3. The molecule has 1 fully saturated rings. The molecule has 4 heteroatoms. The predicted molar refractivity (Wildman–Crippen MR) is 71.3 cm³/mol. The van der Waals surface area contributed by atoms with E-state index < -0.39 is 0 Å². The van der Waals surface area contributed by atoms with Crippen molar-refractivity contribution >= 4 is 5.82 Å².